The summed E-state index contributed by atoms with van der Waals surface area (Å²) in [5.74, 6) is 0.612. The predicted molar refractivity (Wildman–Crippen MR) is 90.7 cm³/mol. The van der Waals surface area contributed by atoms with Crippen LogP contribution in [0.4, 0.5) is 5.69 Å². The monoisotopic (exact) mass is 370 g/mol. The molecule has 0 radical (unpaired) electrons. The van der Waals surface area contributed by atoms with Gasteiger partial charge in [-0.2, -0.15) is 0 Å². The summed E-state index contributed by atoms with van der Waals surface area (Å²) < 4.78 is 6.64. The first-order chi connectivity index (χ1) is 10.0. The highest BCUT2D eigenvalue weighted by Gasteiger charge is 2.11. The van der Waals surface area contributed by atoms with Crippen molar-refractivity contribution in [3.63, 3.8) is 0 Å². The van der Waals surface area contributed by atoms with E-state index < -0.39 is 6.10 Å². The van der Waals surface area contributed by atoms with E-state index in [-0.39, 0.29) is 6.61 Å². The van der Waals surface area contributed by atoms with Crippen LogP contribution in [-0.4, -0.2) is 36.3 Å². The molecule has 0 aliphatic rings. The van der Waals surface area contributed by atoms with Crippen molar-refractivity contribution in [3.05, 3.63) is 45.1 Å². The fraction of sp³-hybridized carbons (Fsp3) is 0.333. The van der Waals surface area contributed by atoms with Gasteiger partial charge in [0.05, 0.1) is 5.69 Å². The molecule has 114 valence electrons. The van der Waals surface area contributed by atoms with Gasteiger partial charge in [-0.3, -0.25) is 4.90 Å². The van der Waals surface area contributed by atoms with Gasteiger partial charge in [-0.1, -0.05) is 12.1 Å². The highest BCUT2D eigenvalue weighted by Crippen LogP contribution is 2.21. The largest absolute Gasteiger partial charge is 0.489 e. The number of nitrogen functional groups attached to an aromatic ring is 1. The normalized spacial score (nSPS) is 12.6. The minimum Gasteiger partial charge on any atom is -0.489 e. The Kier molecular flexibility index (Phi) is 6.05. The molecule has 0 amide bonds. The topological polar surface area (TPSA) is 58.7 Å². The Balaban J connectivity index is 1.76. The minimum absolute atomic E-state index is 0.229. The molecule has 1 heterocycles. The lowest BCUT2D eigenvalue weighted by Gasteiger charge is -2.20. The van der Waals surface area contributed by atoms with E-state index >= 15 is 0 Å². The number of ether oxygens (including phenoxy) is 1. The van der Waals surface area contributed by atoms with E-state index in [4.69, 9.17) is 10.5 Å². The Morgan fingerprint density at radius 2 is 2.19 bits per heavy atom. The fourth-order valence-electron chi connectivity index (χ4n) is 1.98. The van der Waals surface area contributed by atoms with Gasteiger partial charge < -0.3 is 15.6 Å². The first-order valence-corrected chi connectivity index (χ1v) is 8.28. The summed E-state index contributed by atoms with van der Waals surface area (Å²) in [5.41, 5.74) is 6.38. The van der Waals surface area contributed by atoms with Crippen LogP contribution in [0.3, 0.4) is 0 Å². The number of anilines is 1. The highest BCUT2D eigenvalue weighted by atomic mass is 79.9. The number of halogens is 1. The van der Waals surface area contributed by atoms with Gasteiger partial charge in [0.25, 0.3) is 0 Å². The predicted octanol–water partition coefficient (Wildman–Crippen LogP) is 2.96. The molecule has 1 unspecified atom stereocenters. The van der Waals surface area contributed by atoms with Crippen LogP contribution in [0, 0.1) is 0 Å². The Morgan fingerprint density at radius 3 is 2.86 bits per heavy atom. The number of thiophene rings is 1. The summed E-state index contributed by atoms with van der Waals surface area (Å²) in [7, 11) is 1.98. The molecule has 0 aliphatic carbocycles. The van der Waals surface area contributed by atoms with Gasteiger partial charge in [-0.25, -0.2) is 0 Å². The fourth-order valence-corrected chi connectivity index (χ4v) is 3.51. The first kappa shape index (κ1) is 16.3. The molecule has 0 saturated heterocycles. The SMILES string of the molecule is CN(Cc1cc(Br)cs1)CC(O)COc1ccccc1N. The molecule has 2 rings (SSSR count). The zero-order chi connectivity index (χ0) is 15.2. The second kappa shape index (κ2) is 7.79. The lowest BCUT2D eigenvalue weighted by Crippen LogP contribution is -2.32. The smallest absolute Gasteiger partial charge is 0.142 e. The Hall–Kier alpha value is -1.08. The summed E-state index contributed by atoms with van der Waals surface area (Å²) >= 11 is 5.14. The number of nitrogens with two attached hydrogens (primary N) is 1. The summed E-state index contributed by atoms with van der Waals surface area (Å²) in [6, 6.07) is 9.39. The molecule has 2 aromatic rings. The van der Waals surface area contributed by atoms with E-state index in [1.165, 1.54) is 4.88 Å². The van der Waals surface area contributed by atoms with Gasteiger partial charge >= 0.3 is 0 Å². The maximum absolute atomic E-state index is 10.0. The third-order valence-electron chi connectivity index (χ3n) is 2.92. The van der Waals surface area contributed by atoms with Gasteiger partial charge in [0.15, 0.2) is 0 Å². The average molecular weight is 371 g/mol. The van der Waals surface area contributed by atoms with Crippen LogP contribution in [0.1, 0.15) is 4.88 Å². The molecule has 0 spiro atoms. The molecule has 1 atom stereocenters. The van der Waals surface area contributed by atoms with E-state index in [1.807, 2.05) is 19.2 Å². The quantitative estimate of drug-likeness (QED) is 0.735. The van der Waals surface area contributed by atoms with Crippen molar-refractivity contribution in [2.75, 3.05) is 25.9 Å². The number of nitrogens with zero attached hydrogens (tertiary/aromatic N) is 1. The maximum Gasteiger partial charge on any atom is 0.142 e. The zero-order valence-electron chi connectivity index (χ0n) is 11.8. The van der Waals surface area contributed by atoms with Crippen LogP contribution in [-0.2, 0) is 6.54 Å². The van der Waals surface area contributed by atoms with Crippen LogP contribution in [0.5, 0.6) is 5.75 Å². The second-order valence-corrected chi connectivity index (χ2v) is 6.84. The molecule has 0 bridgehead atoms. The van der Waals surface area contributed by atoms with Crippen molar-refractivity contribution in [1.29, 1.82) is 0 Å². The van der Waals surface area contributed by atoms with E-state index in [0.717, 1.165) is 11.0 Å². The number of aliphatic hydroxyl groups excluding tert-OH is 1. The Labute approximate surface area is 137 Å². The van der Waals surface area contributed by atoms with E-state index in [2.05, 4.69) is 32.3 Å². The zero-order valence-corrected chi connectivity index (χ0v) is 14.2. The highest BCUT2D eigenvalue weighted by molar-refractivity contribution is 9.10. The summed E-state index contributed by atoms with van der Waals surface area (Å²) in [6.07, 6.45) is -0.557. The first-order valence-electron chi connectivity index (χ1n) is 6.61. The Bertz CT molecular complexity index is 576. The van der Waals surface area contributed by atoms with Crippen LogP contribution in [0.25, 0.3) is 0 Å². The molecular weight excluding hydrogens is 352 g/mol. The summed E-state index contributed by atoms with van der Waals surface area (Å²) in [5, 5.41) is 12.1. The number of likely N-dealkylation sites (N-methyl/N-ethyl adjacent to an activating group) is 1. The van der Waals surface area contributed by atoms with Crippen LogP contribution < -0.4 is 10.5 Å². The third kappa shape index (κ3) is 5.32. The van der Waals surface area contributed by atoms with E-state index in [9.17, 15) is 5.11 Å². The number of para-hydroxylation sites is 2. The van der Waals surface area contributed by atoms with Crippen LogP contribution >= 0.6 is 27.3 Å². The molecule has 6 heteroatoms. The van der Waals surface area contributed by atoms with Crippen molar-refractivity contribution in [2.24, 2.45) is 0 Å². The number of hydrogen-bond donors (Lipinski definition) is 2. The van der Waals surface area contributed by atoms with Gasteiger partial charge in [0.1, 0.15) is 18.5 Å². The standard InChI is InChI=1S/C15H19BrN2O2S/c1-18(8-13-6-11(16)10-21-13)7-12(19)9-20-15-5-3-2-4-14(15)17/h2-6,10,12,19H,7-9,17H2,1H3. The van der Waals surface area contributed by atoms with Crippen molar-refractivity contribution in [3.8, 4) is 5.75 Å². The second-order valence-electron chi connectivity index (χ2n) is 4.93. The van der Waals surface area contributed by atoms with Gasteiger partial charge in [-0.05, 0) is 41.2 Å². The lowest BCUT2D eigenvalue weighted by atomic mass is 10.3. The van der Waals surface area contributed by atoms with Crippen LogP contribution in [0.15, 0.2) is 40.2 Å². The van der Waals surface area contributed by atoms with Crippen molar-refractivity contribution < 1.29 is 9.84 Å². The number of rotatable bonds is 7. The molecule has 1 aromatic heterocycles. The molecule has 0 aliphatic heterocycles. The minimum atomic E-state index is -0.557. The van der Waals surface area contributed by atoms with Crippen molar-refractivity contribution in [2.45, 2.75) is 12.6 Å². The summed E-state index contributed by atoms with van der Waals surface area (Å²) in [4.78, 5) is 3.32. The molecule has 3 N–H and O–H groups in total. The summed E-state index contributed by atoms with van der Waals surface area (Å²) in [6.45, 7) is 1.58. The number of aliphatic hydroxyl groups is 1. The van der Waals surface area contributed by atoms with Gasteiger partial charge in [0, 0.05) is 27.8 Å². The third-order valence-corrected chi connectivity index (χ3v) is 4.60. The maximum atomic E-state index is 10.0. The van der Waals surface area contributed by atoms with E-state index in [1.54, 1.807) is 23.5 Å². The number of hydrogen-bond acceptors (Lipinski definition) is 5. The van der Waals surface area contributed by atoms with Crippen molar-refractivity contribution >= 4 is 33.0 Å². The number of benzene rings is 1. The van der Waals surface area contributed by atoms with E-state index in [0.29, 0.717) is 18.0 Å². The van der Waals surface area contributed by atoms with Gasteiger partial charge in [-0.15, -0.1) is 11.3 Å². The average Bonchev–Trinajstić information content (AvgIpc) is 2.83. The lowest BCUT2D eigenvalue weighted by molar-refractivity contribution is 0.0749. The van der Waals surface area contributed by atoms with Gasteiger partial charge in [0.2, 0.25) is 0 Å². The van der Waals surface area contributed by atoms with Crippen LogP contribution in [0.2, 0.25) is 0 Å². The molecular formula is C15H19BrN2O2S. The molecule has 0 fully saturated rings. The molecule has 1 aromatic carbocycles. The Morgan fingerprint density at radius 1 is 1.43 bits per heavy atom. The molecule has 21 heavy (non-hydrogen) atoms. The molecule has 4 nitrogen and oxygen atoms in total. The van der Waals surface area contributed by atoms with Crippen molar-refractivity contribution in [1.82, 2.24) is 4.90 Å². The molecule has 0 saturated carbocycles.